The van der Waals surface area contributed by atoms with Gasteiger partial charge in [-0.2, -0.15) is 13.2 Å². The SMILES string of the molecule is CCOC(=O)[C@@H](NC(=O)Cn1cccc(C(F)(F)F)c1=O)[C@@H](C)CC. The molecule has 0 bridgehead atoms. The predicted molar refractivity (Wildman–Crippen MR) is 83.7 cm³/mol. The zero-order valence-electron chi connectivity index (χ0n) is 14.2. The van der Waals surface area contributed by atoms with Gasteiger partial charge >= 0.3 is 12.1 Å². The van der Waals surface area contributed by atoms with Crippen LogP contribution in [0.15, 0.2) is 23.1 Å². The maximum Gasteiger partial charge on any atom is 0.421 e. The minimum atomic E-state index is -4.80. The van der Waals surface area contributed by atoms with Crippen LogP contribution in [0.2, 0.25) is 0 Å². The lowest BCUT2D eigenvalue weighted by atomic mass is 9.99. The molecule has 140 valence electrons. The van der Waals surface area contributed by atoms with E-state index >= 15 is 0 Å². The first kappa shape index (κ1) is 20.7. The molecule has 0 fully saturated rings. The van der Waals surface area contributed by atoms with E-state index in [0.29, 0.717) is 17.1 Å². The molecule has 0 aliphatic rings. The van der Waals surface area contributed by atoms with Gasteiger partial charge in [0.2, 0.25) is 5.91 Å². The van der Waals surface area contributed by atoms with E-state index in [0.717, 1.165) is 12.3 Å². The van der Waals surface area contributed by atoms with Crippen LogP contribution in [0.25, 0.3) is 0 Å². The van der Waals surface area contributed by atoms with Crippen LogP contribution < -0.4 is 10.9 Å². The third-order valence-corrected chi connectivity index (χ3v) is 3.71. The average Bonchev–Trinajstić information content (AvgIpc) is 2.53. The Morgan fingerprint density at radius 3 is 2.48 bits per heavy atom. The number of amides is 1. The highest BCUT2D eigenvalue weighted by Gasteiger charge is 2.34. The van der Waals surface area contributed by atoms with Crippen molar-refractivity contribution >= 4 is 11.9 Å². The number of halogens is 3. The van der Waals surface area contributed by atoms with Gasteiger partial charge < -0.3 is 14.6 Å². The quantitative estimate of drug-likeness (QED) is 0.753. The number of rotatable bonds is 7. The summed E-state index contributed by atoms with van der Waals surface area (Å²) in [4.78, 5) is 35.9. The second-order valence-corrected chi connectivity index (χ2v) is 5.54. The Hall–Kier alpha value is -2.32. The summed E-state index contributed by atoms with van der Waals surface area (Å²) in [5.41, 5.74) is -2.67. The van der Waals surface area contributed by atoms with E-state index in [9.17, 15) is 27.6 Å². The number of ether oxygens (including phenoxy) is 1. The number of hydrogen-bond donors (Lipinski definition) is 1. The van der Waals surface area contributed by atoms with Gasteiger partial charge in [0.25, 0.3) is 5.56 Å². The Morgan fingerprint density at radius 1 is 1.32 bits per heavy atom. The number of carbonyl (C=O) groups excluding carboxylic acids is 2. The molecule has 1 aromatic rings. The van der Waals surface area contributed by atoms with E-state index in [1.54, 1.807) is 13.8 Å². The van der Waals surface area contributed by atoms with Crippen LogP contribution in [0.3, 0.4) is 0 Å². The number of carbonyl (C=O) groups is 2. The molecule has 0 saturated carbocycles. The van der Waals surface area contributed by atoms with Crippen LogP contribution in [-0.2, 0) is 27.0 Å². The van der Waals surface area contributed by atoms with Crippen LogP contribution in [0, 0.1) is 5.92 Å². The lowest BCUT2D eigenvalue weighted by Gasteiger charge is -2.22. The van der Waals surface area contributed by atoms with Gasteiger partial charge in [-0.05, 0) is 25.0 Å². The molecule has 0 spiro atoms. The fourth-order valence-electron chi connectivity index (χ4n) is 2.15. The molecule has 2 atom stereocenters. The topological polar surface area (TPSA) is 77.4 Å². The number of hydrogen-bond acceptors (Lipinski definition) is 4. The van der Waals surface area contributed by atoms with Crippen LogP contribution in [0.1, 0.15) is 32.8 Å². The smallest absolute Gasteiger partial charge is 0.421 e. The number of pyridine rings is 1. The molecule has 6 nitrogen and oxygen atoms in total. The van der Waals surface area contributed by atoms with Crippen molar-refractivity contribution in [2.75, 3.05) is 6.61 Å². The van der Waals surface area contributed by atoms with Crippen molar-refractivity contribution in [2.45, 2.75) is 46.0 Å². The zero-order valence-corrected chi connectivity index (χ0v) is 14.2. The monoisotopic (exact) mass is 362 g/mol. The minimum absolute atomic E-state index is 0.134. The Morgan fingerprint density at radius 2 is 1.96 bits per heavy atom. The Bertz CT molecular complexity index is 670. The van der Waals surface area contributed by atoms with E-state index in [2.05, 4.69) is 5.32 Å². The standard InChI is InChI=1S/C16H21F3N2O4/c1-4-10(3)13(15(24)25-5-2)20-12(22)9-21-8-6-7-11(14(21)23)16(17,18)19/h6-8,10,13H,4-5,9H2,1-3H3,(H,20,22)/t10-,13-/m0/s1. The maximum absolute atomic E-state index is 12.7. The third-order valence-electron chi connectivity index (χ3n) is 3.71. The molecule has 0 aromatic carbocycles. The van der Waals surface area contributed by atoms with Crippen molar-refractivity contribution < 1.29 is 27.5 Å². The fraction of sp³-hybridized carbons (Fsp3) is 0.562. The highest BCUT2D eigenvalue weighted by molar-refractivity contribution is 5.84. The van der Waals surface area contributed by atoms with Crippen molar-refractivity contribution in [2.24, 2.45) is 5.92 Å². The first-order valence-corrected chi connectivity index (χ1v) is 7.84. The van der Waals surface area contributed by atoms with Crippen LogP contribution in [0.5, 0.6) is 0 Å². The number of nitrogens with one attached hydrogen (secondary N) is 1. The molecule has 9 heteroatoms. The first-order valence-electron chi connectivity index (χ1n) is 7.84. The van der Waals surface area contributed by atoms with Crippen molar-refractivity contribution in [1.29, 1.82) is 0 Å². The second-order valence-electron chi connectivity index (χ2n) is 5.54. The molecule has 0 aliphatic heterocycles. The van der Waals surface area contributed by atoms with Gasteiger partial charge in [0, 0.05) is 6.20 Å². The summed E-state index contributed by atoms with van der Waals surface area (Å²) in [6.45, 7) is 4.68. The van der Waals surface area contributed by atoms with Crippen LogP contribution >= 0.6 is 0 Å². The number of alkyl halides is 3. The minimum Gasteiger partial charge on any atom is -0.464 e. The number of esters is 1. The molecule has 0 radical (unpaired) electrons. The normalized spacial score (nSPS) is 13.8. The van der Waals surface area contributed by atoms with Gasteiger partial charge in [0.1, 0.15) is 18.2 Å². The summed E-state index contributed by atoms with van der Waals surface area (Å²) in [5.74, 6) is -1.61. The Labute approximate surface area is 143 Å². The molecule has 1 heterocycles. The van der Waals surface area contributed by atoms with E-state index in [1.807, 2.05) is 6.92 Å². The van der Waals surface area contributed by atoms with Gasteiger partial charge in [-0.1, -0.05) is 20.3 Å². The molecule has 1 N–H and O–H groups in total. The molecule has 0 aliphatic carbocycles. The largest absolute Gasteiger partial charge is 0.464 e. The van der Waals surface area contributed by atoms with Gasteiger partial charge in [0.05, 0.1) is 6.61 Å². The molecular weight excluding hydrogens is 341 g/mol. The van der Waals surface area contributed by atoms with Gasteiger partial charge in [-0.25, -0.2) is 4.79 Å². The van der Waals surface area contributed by atoms with Gasteiger partial charge in [-0.3, -0.25) is 9.59 Å². The molecule has 1 rings (SSSR count). The van der Waals surface area contributed by atoms with Crippen molar-refractivity contribution in [3.8, 4) is 0 Å². The highest BCUT2D eigenvalue weighted by Crippen LogP contribution is 2.25. The molecule has 25 heavy (non-hydrogen) atoms. The van der Waals surface area contributed by atoms with E-state index in [1.165, 1.54) is 0 Å². The van der Waals surface area contributed by atoms with Crippen molar-refractivity contribution in [1.82, 2.24) is 9.88 Å². The van der Waals surface area contributed by atoms with Crippen LogP contribution in [-0.4, -0.2) is 29.1 Å². The molecular formula is C16H21F3N2O4. The number of nitrogens with zero attached hydrogens (tertiary/aromatic N) is 1. The van der Waals surface area contributed by atoms with E-state index in [4.69, 9.17) is 4.74 Å². The van der Waals surface area contributed by atoms with Crippen molar-refractivity contribution in [3.05, 3.63) is 34.2 Å². The van der Waals surface area contributed by atoms with Crippen LogP contribution in [0.4, 0.5) is 13.2 Å². The summed E-state index contributed by atoms with van der Waals surface area (Å²) >= 11 is 0. The summed E-state index contributed by atoms with van der Waals surface area (Å²) in [6.07, 6.45) is -3.15. The Balaban J connectivity index is 2.95. The molecule has 0 unspecified atom stereocenters. The lowest BCUT2D eigenvalue weighted by molar-refractivity contribution is -0.149. The highest BCUT2D eigenvalue weighted by atomic mass is 19.4. The summed E-state index contributed by atoms with van der Waals surface area (Å²) in [6, 6.07) is 0.755. The van der Waals surface area contributed by atoms with E-state index in [-0.39, 0.29) is 12.5 Å². The lowest BCUT2D eigenvalue weighted by Crippen LogP contribution is -2.47. The van der Waals surface area contributed by atoms with E-state index < -0.39 is 41.8 Å². The molecule has 0 saturated heterocycles. The summed E-state index contributed by atoms with van der Waals surface area (Å²) in [7, 11) is 0. The average molecular weight is 362 g/mol. The fourth-order valence-corrected chi connectivity index (χ4v) is 2.15. The molecule has 1 aromatic heterocycles. The number of aromatic nitrogens is 1. The third kappa shape index (κ3) is 5.61. The second kappa shape index (κ2) is 8.68. The predicted octanol–water partition coefficient (Wildman–Crippen LogP) is 1.96. The van der Waals surface area contributed by atoms with Gasteiger partial charge in [0.15, 0.2) is 0 Å². The van der Waals surface area contributed by atoms with Gasteiger partial charge in [-0.15, -0.1) is 0 Å². The van der Waals surface area contributed by atoms with Crippen molar-refractivity contribution in [3.63, 3.8) is 0 Å². The zero-order chi connectivity index (χ0) is 19.2. The summed E-state index contributed by atoms with van der Waals surface area (Å²) < 4.78 is 43.8. The summed E-state index contributed by atoms with van der Waals surface area (Å²) in [5, 5.41) is 2.43. The molecule has 1 amide bonds. The maximum atomic E-state index is 12.7. The Kier molecular flexibility index (Phi) is 7.20. The first-order chi connectivity index (χ1) is 11.6.